The number of benzene rings is 10. The maximum atomic E-state index is 10.4. The van der Waals surface area contributed by atoms with Crippen molar-refractivity contribution in [3.63, 3.8) is 0 Å². The highest BCUT2D eigenvalue weighted by Gasteiger charge is 2.18. The van der Waals surface area contributed by atoms with Crippen LogP contribution in [0.1, 0.15) is 33.4 Å². The van der Waals surface area contributed by atoms with Crippen molar-refractivity contribution >= 4 is 66.4 Å². The van der Waals surface area contributed by atoms with Crippen LogP contribution in [0.4, 0.5) is 34.1 Å². The second kappa shape index (κ2) is 16.3. The zero-order valence-corrected chi connectivity index (χ0v) is 33.4. The van der Waals surface area contributed by atoms with E-state index in [1.807, 2.05) is 121 Å². The monoisotopic (exact) mass is 786 g/mol. The van der Waals surface area contributed by atoms with Crippen LogP contribution in [0.15, 0.2) is 206 Å². The van der Waals surface area contributed by atoms with Crippen molar-refractivity contribution in [2.45, 2.75) is 0 Å². The molecule has 0 aliphatic carbocycles. The largest absolute Gasteiger partial charge is 0.311 e. The molecule has 0 unspecified atom stereocenters. The van der Waals surface area contributed by atoms with E-state index in [9.17, 15) is 10.5 Å². The van der Waals surface area contributed by atoms with Crippen LogP contribution in [0, 0.1) is 46.3 Å². The summed E-state index contributed by atoms with van der Waals surface area (Å²) in [5, 5.41) is 26.1. The van der Waals surface area contributed by atoms with E-state index in [2.05, 4.69) is 131 Å². The third kappa shape index (κ3) is 6.98. The summed E-state index contributed by atoms with van der Waals surface area (Å²) < 4.78 is 0. The lowest BCUT2D eigenvalue weighted by atomic mass is 9.86. The van der Waals surface area contributed by atoms with E-state index in [1.54, 1.807) is 0 Å². The summed E-state index contributed by atoms with van der Waals surface area (Å²) in [7, 11) is 0. The molecule has 0 atom stereocenters. The van der Waals surface area contributed by atoms with E-state index in [-0.39, 0.29) is 0 Å². The first-order chi connectivity index (χ1) is 30.7. The Morgan fingerprint density at radius 3 is 0.839 bits per heavy atom. The Labute approximate surface area is 360 Å². The van der Waals surface area contributed by atoms with Gasteiger partial charge in [-0.15, -0.1) is 0 Å². The number of para-hydroxylation sites is 4. The fraction of sp³-hybridized carbons (Fsp3) is 0. The van der Waals surface area contributed by atoms with Gasteiger partial charge in [0.2, 0.25) is 0 Å². The molecule has 0 heterocycles. The van der Waals surface area contributed by atoms with Crippen LogP contribution in [0.5, 0.6) is 0 Å². The van der Waals surface area contributed by atoms with E-state index in [0.717, 1.165) is 88.7 Å². The topological polar surface area (TPSA) is 54.1 Å². The third-order valence-corrected chi connectivity index (χ3v) is 11.1. The molecule has 10 aromatic carbocycles. The van der Waals surface area contributed by atoms with Gasteiger partial charge in [0.1, 0.15) is 0 Å². The van der Waals surface area contributed by atoms with E-state index in [1.165, 1.54) is 0 Å². The van der Waals surface area contributed by atoms with Crippen molar-refractivity contribution in [3.05, 3.63) is 240 Å². The average molecular weight is 787 g/mol. The van der Waals surface area contributed by atoms with Crippen LogP contribution in [0.2, 0.25) is 0 Å². The van der Waals surface area contributed by atoms with Gasteiger partial charge in [0.25, 0.3) is 0 Å². The van der Waals surface area contributed by atoms with Crippen LogP contribution >= 0.6 is 0 Å². The minimum absolute atomic E-state index is 0.531. The average Bonchev–Trinajstić information content (AvgIpc) is 3.34. The fourth-order valence-electron chi connectivity index (χ4n) is 8.25. The maximum Gasteiger partial charge on any atom is 0.0998 e. The summed E-state index contributed by atoms with van der Waals surface area (Å²) in [6.07, 6.45) is 0. The van der Waals surface area contributed by atoms with Crippen molar-refractivity contribution in [1.82, 2.24) is 0 Å². The summed E-state index contributed by atoms with van der Waals surface area (Å²) in [5.41, 5.74) is 10.5. The van der Waals surface area contributed by atoms with Crippen molar-refractivity contribution in [2.75, 3.05) is 9.80 Å². The Morgan fingerprint density at radius 1 is 0.274 bits per heavy atom. The number of nitriles is 2. The molecule has 4 heteroatoms. The lowest BCUT2D eigenvalue weighted by Crippen LogP contribution is -2.09. The first-order valence-electron chi connectivity index (χ1n) is 20.3. The highest BCUT2D eigenvalue weighted by Crippen LogP contribution is 2.41. The number of anilines is 6. The Kier molecular flexibility index (Phi) is 9.79. The molecule has 0 bridgehead atoms. The Balaban J connectivity index is 1.02. The van der Waals surface area contributed by atoms with Gasteiger partial charge < -0.3 is 9.80 Å². The first kappa shape index (κ1) is 37.2. The van der Waals surface area contributed by atoms with Gasteiger partial charge in [-0.2, -0.15) is 10.5 Å². The third-order valence-electron chi connectivity index (χ3n) is 11.1. The molecule has 0 saturated carbocycles. The molecule has 0 aliphatic heterocycles. The minimum atomic E-state index is 0.531. The fourth-order valence-corrected chi connectivity index (χ4v) is 8.25. The predicted octanol–water partition coefficient (Wildman–Crippen LogP) is 14.1. The lowest BCUT2D eigenvalue weighted by molar-refractivity contribution is 1.28. The highest BCUT2D eigenvalue weighted by atomic mass is 15.1. The quantitative estimate of drug-likeness (QED) is 0.124. The van der Waals surface area contributed by atoms with Crippen LogP contribution in [0.25, 0.3) is 32.3 Å². The van der Waals surface area contributed by atoms with Crippen LogP contribution in [-0.4, -0.2) is 0 Å². The summed E-state index contributed by atoms with van der Waals surface area (Å²) in [6.45, 7) is 0. The summed E-state index contributed by atoms with van der Waals surface area (Å²) >= 11 is 0. The lowest BCUT2D eigenvalue weighted by Gasteiger charge is -2.25. The van der Waals surface area contributed by atoms with Gasteiger partial charge in [0.05, 0.1) is 23.3 Å². The summed E-state index contributed by atoms with van der Waals surface area (Å²) in [6, 6.07) is 74.3. The standard InChI is InChI=1S/C58H34N4/c59-39-45-37-43(27-21-41-23-29-51(30-24-41)61(47-13-5-1-6-14-47)48-15-7-2-8-16-48)53-33-34-54-44(38-46(40-60)56-36-35-55(45)57(53)58(54)56)28-22-42-25-31-52(32-26-42)62(49-17-9-3-10-18-49)50-19-11-4-12-20-50/h1-20,23-26,29-38H. The van der Waals surface area contributed by atoms with E-state index in [0.29, 0.717) is 11.1 Å². The molecule has 0 fully saturated rings. The molecule has 0 aliphatic rings. The van der Waals surface area contributed by atoms with E-state index < -0.39 is 0 Å². The zero-order chi connectivity index (χ0) is 41.8. The molecule has 0 radical (unpaired) electrons. The number of rotatable bonds is 6. The smallest absolute Gasteiger partial charge is 0.0998 e. The Bertz CT molecular complexity index is 3140. The van der Waals surface area contributed by atoms with Crippen LogP contribution < -0.4 is 9.80 Å². The first-order valence-corrected chi connectivity index (χ1v) is 20.3. The van der Waals surface area contributed by atoms with Crippen LogP contribution in [-0.2, 0) is 0 Å². The van der Waals surface area contributed by atoms with E-state index in [4.69, 9.17) is 0 Å². The van der Waals surface area contributed by atoms with Gasteiger partial charge in [-0.05, 0) is 131 Å². The molecular formula is C58H34N4. The molecule has 10 aromatic rings. The SMILES string of the molecule is N#Cc1cc(C#Cc2ccc(N(c3ccccc3)c3ccccc3)cc2)c2ccc3c(C#Cc4ccc(N(c5ccccc5)c5ccccc5)cc4)cc(C#N)c4ccc1c2c43. The van der Waals surface area contributed by atoms with Crippen molar-refractivity contribution in [1.29, 1.82) is 10.5 Å². The normalized spacial score (nSPS) is 10.6. The highest BCUT2D eigenvalue weighted by molar-refractivity contribution is 6.26. The molecule has 10 rings (SSSR count). The van der Waals surface area contributed by atoms with Gasteiger partial charge in [-0.25, -0.2) is 0 Å². The molecule has 0 saturated heterocycles. The zero-order valence-electron chi connectivity index (χ0n) is 33.4. The number of nitrogens with zero attached hydrogens (tertiary/aromatic N) is 4. The van der Waals surface area contributed by atoms with E-state index >= 15 is 0 Å². The second-order valence-corrected chi connectivity index (χ2v) is 14.8. The molecule has 0 spiro atoms. The molecule has 0 N–H and O–H groups in total. The maximum absolute atomic E-state index is 10.4. The van der Waals surface area contributed by atoms with Crippen molar-refractivity contribution in [2.24, 2.45) is 0 Å². The Hall–Kier alpha value is -9.06. The Morgan fingerprint density at radius 2 is 0.548 bits per heavy atom. The predicted molar refractivity (Wildman–Crippen MR) is 254 cm³/mol. The minimum Gasteiger partial charge on any atom is -0.311 e. The van der Waals surface area contributed by atoms with Gasteiger partial charge in [-0.1, -0.05) is 121 Å². The van der Waals surface area contributed by atoms with Crippen molar-refractivity contribution < 1.29 is 0 Å². The van der Waals surface area contributed by atoms with Gasteiger partial charge in [0.15, 0.2) is 0 Å². The van der Waals surface area contributed by atoms with Gasteiger partial charge >= 0.3 is 0 Å². The number of hydrogen-bond acceptors (Lipinski definition) is 4. The second-order valence-electron chi connectivity index (χ2n) is 14.8. The van der Waals surface area contributed by atoms with Gasteiger partial charge in [-0.3, -0.25) is 0 Å². The molecule has 0 amide bonds. The number of hydrogen-bond donors (Lipinski definition) is 0. The molecule has 0 aromatic heterocycles. The van der Waals surface area contributed by atoms with Crippen LogP contribution in [0.3, 0.4) is 0 Å². The van der Waals surface area contributed by atoms with Crippen molar-refractivity contribution in [3.8, 4) is 35.8 Å². The molecular weight excluding hydrogens is 753 g/mol. The summed E-state index contributed by atoms with van der Waals surface area (Å²) in [5.74, 6) is 13.6. The molecule has 4 nitrogen and oxygen atoms in total. The molecule has 286 valence electrons. The molecule has 62 heavy (non-hydrogen) atoms. The summed E-state index contributed by atoms with van der Waals surface area (Å²) in [4.78, 5) is 4.43. The van der Waals surface area contributed by atoms with Gasteiger partial charge in [0, 0.05) is 67.2 Å².